The van der Waals surface area contributed by atoms with Crippen LogP contribution >= 0.6 is 0 Å². The van der Waals surface area contributed by atoms with Crippen LogP contribution in [-0.4, -0.2) is 24.3 Å². The van der Waals surface area contributed by atoms with Gasteiger partial charge in [-0.25, -0.2) is 0 Å². The van der Waals surface area contributed by atoms with E-state index in [0.29, 0.717) is 29.7 Å². The molecule has 0 aliphatic rings. The van der Waals surface area contributed by atoms with E-state index < -0.39 is 5.91 Å². The average molecular weight is 315 g/mol. The van der Waals surface area contributed by atoms with Crippen LogP contribution in [0.1, 0.15) is 19.4 Å². The van der Waals surface area contributed by atoms with Gasteiger partial charge in [-0.3, -0.25) is 10.0 Å². The van der Waals surface area contributed by atoms with Gasteiger partial charge in [0, 0.05) is 0 Å². The Kier molecular flexibility index (Phi) is 6.00. The van der Waals surface area contributed by atoms with E-state index in [1.165, 1.54) is 0 Å². The summed E-state index contributed by atoms with van der Waals surface area (Å²) in [4.78, 5) is 12.1. The molecule has 1 amide bonds. The van der Waals surface area contributed by atoms with Gasteiger partial charge >= 0.3 is 0 Å². The molecule has 2 rings (SSSR count). The van der Waals surface area contributed by atoms with Crippen LogP contribution in [0.15, 0.2) is 48.5 Å². The van der Waals surface area contributed by atoms with Crippen molar-refractivity contribution in [3.05, 3.63) is 54.1 Å². The van der Waals surface area contributed by atoms with E-state index in [2.05, 4.69) is 0 Å². The molecule has 2 aromatic carbocycles. The van der Waals surface area contributed by atoms with Crippen LogP contribution in [0.4, 0.5) is 5.69 Å². The second kappa shape index (κ2) is 8.19. The predicted octanol–water partition coefficient (Wildman–Crippen LogP) is 3.45. The van der Waals surface area contributed by atoms with Crippen LogP contribution < -0.4 is 14.5 Å². The summed E-state index contributed by atoms with van der Waals surface area (Å²) in [5.74, 6) is 1.05. The maximum atomic E-state index is 12.1. The summed E-state index contributed by atoms with van der Waals surface area (Å²) >= 11 is 0. The fourth-order valence-electron chi connectivity index (χ4n) is 2.11. The molecule has 122 valence electrons. The number of hydrogen-bond acceptors (Lipinski definition) is 4. The molecule has 0 heterocycles. The molecule has 0 aromatic heterocycles. The van der Waals surface area contributed by atoms with Crippen molar-refractivity contribution in [3.8, 4) is 11.5 Å². The van der Waals surface area contributed by atoms with Crippen LogP contribution in [0.2, 0.25) is 0 Å². The van der Waals surface area contributed by atoms with Crippen molar-refractivity contribution in [3.63, 3.8) is 0 Å². The minimum absolute atomic E-state index is 0.107. The zero-order valence-electron chi connectivity index (χ0n) is 13.4. The highest BCUT2D eigenvalue weighted by atomic mass is 16.5. The topological polar surface area (TPSA) is 59.0 Å². The fourth-order valence-corrected chi connectivity index (χ4v) is 2.11. The number of rotatable bonds is 7. The maximum Gasteiger partial charge on any atom is 0.255 e. The van der Waals surface area contributed by atoms with E-state index in [1.54, 1.807) is 24.3 Å². The Hall–Kier alpha value is -2.53. The van der Waals surface area contributed by atoms with E-state index in [-0.39, 0.29) is 6.42 Å². The molecule has 0 saturated heterocycles. The zero-order chi connectivity index (χ0) is 16.7. The van der Waals surface area contributed by atoms with E-state index in [4.69, 9.17) is 9.47 Å². The lowest BCUT2D eigenvalue weighted by molar-refractivity contribution is -0.122. The second-order valence-electron chi connectivity index (χ2n) is 4.89. The summed E-state index contributed by atoms with van der Waals surface area (Å²) in [5.41, 5.74) is 1.22. The summed E-state index contributed by atoms with van der Waals surface area (Å²) in [7, 11) is 0. The SMILES string of the molecule is CCOc1ccc(CC(=O)N(O)c2ccc(OCC)cc2)cc1. The number of hydrogen-bond donors (Lipinski definition) is 1. The number of carbonyl (C=O) groups is 1. The molecule has 1 N–H and O–H groups in total. The van der Waals surface area contributed by atoms with Gasteiger partial charge in [-0.2, -0.15) is 5.06 Å². The van der Waals surface area contributed by atoms with Crippen molar-refractivity contribution in [2.24, 2.45) is 0 Å². The lowest BCUT2D eigenvalue weighted by Crippen LogP contribution is -2.28. The molecule has 0 atom stereocenters. The van der Waals surface area contributed by atoms with E-state index >= 15 is 0 Å². The number of benzene rings is 2. The van der Waals surface area contributed by atoms with Gasteiger partial charge in [0.1, 0.15) is 11.5 Å². The van der Waals surface area contributed by atoms with Crippen LogP contribution in [-0.2, 0) is 11.2 Å². The third-order valence-corrected chi connectivity index (χ3v) is 3.22. The van der Waals surface area contributed by atoms with Crippen molar-refractivity contribution in [2.75, 3.05) is 18.3 Å². The van der Waals surface area contributed by atoms with Crippen molar-refractivity contribution in [2.45, 2.75) is 20.3 Å². The molecular weight excluding hydrogens is 294 g/mol. The van der Waals surface area contributed by atoms with Gasteiger partial charge in [0.05, 0.1) is 25.3 Å². The number of carbonyl (C=O) groups excluding carboxylic acids is 1. The predicted molar refractivity (Wildman–Crippen MR) is 88.2 cm³/mol. The summed E-state index contributed by atoms with van der Waals surface area (Å²) in [5, 5.41) is 10.7. The maximum absolute atomic E-state index is 12.1. The quantitative estimate of drug-likeness (QED) is 0.628. The molecule has 0 fully saturated rings. The van der Waals surface area contributed by atoms with Gasteiger partial charge in [-0.05, 0) is 55.8 Å². The second-order valence-corrected chi connectivity index (χ2v) is 4.89. The molecule has 23 heavy (non-hydrogen) atoms. The molecule has 0 saturated carbocycles. The first-order valence-electron chi connectivity index (χ1n) is 7.60. The van der Waals surface area contributed by atoms with Crippen LogP contribution in [0, 0.1) is 0 Å². The normalized spacial score (nSPS) is 10.2. The highest BCUT2D eigenvalue weighted by Crippen LogP contribution is 2.19. The first-order valence-corrected chi connectivity index (χ1v) is 7.60. The van der Waals surface area contributed by atoms with Crippen molar-refractivity contribution < 1.29 is 19.5 Å². The fraction of sp³-hybridized carbons (Fsp3) is 0.278. The summed E-state index contributed by atoms with van der Waals surface area (Å²) in [6.45, 7) is 4.98. The van der Waals surface area contributed by atoms with Gasteiger partial charge in [-0.15, -0.1) is 0 Å². The minimum Gasteiger partial charge on any atom is -0.494 e. The van der Waals surface area contributed by atoms with Gasteiger partial charge in [0.15, 0.2) is 0 Å². The van der Waals surface area contributed by atoms with Crippen molar-refractivity contribution in [1.82, 2.24) is 0 Å². The third-order valence-electron chi connectivity index (χ3n) is 3.22. The molecular formula is C18H21NO4. The number of anilines is 1. The smallest absolute Gasteiger partial charge is 0.255 e. The Morgan fingerprint density at radius 1 is 0.913 bits per heavy atom. The molecule has 5 nitrogen and oxygen atoms in total. The number of ether oxygens (including phenoxy) is 2. The highest BCUT2D eigenvalue weighted by Gasteiger charge is 2.14. The molecule has 0 bridgehead atoms. The summed E-state index contributed by atoms with van der Waals surface area (Å²) < 4.78 is 10.7. The highest BCUT2D eigenvalue weighted by molar-refractivity contribution is 5.92. The lowest BCUT2D eigenvalue weighted by Gasteiger charge is -2.15. The number of hydroxylamine groups is 1. The number of nitrogens with zero attached hydrogens (tertiary/aromatic N) is 1. The Morgan fingerprint density at radius 3 is 1.87 bits per heavy atom. The minimum atomic E-state index is -0.404. The van der Waals surface area contributed by atoms with Crippen molar-refractivity contribution in [1.29, 1.82) is 0 Å². The van der Waals surface area contributed by atoms with Gasteiger partial charge < -0.3 is 9.47 Å². The van der Waals surface area contributed by atoms with Gasteiger partial charge in [0.25, 0.3) is 5.91 Å². The number of amides is 1. The van der Waals surface area contributed by atoms with Crippen LogP contribution in [0.5, 0.6) is 11.5 Å². The average Bonchev–Trinajstić information content (AvgIpc) is 2.57. The van der Waals surface area contributed by atoms with Crippen LogP contribution in [0.3, 0.4) is 0 Å². The Morgan fingerprint density at radius 2 is 1.39 bits per heavy atom. The van der Waals surface area contributed by atoms with E-state index in [1.807, 2.05) is 38.1 Å². The van der Waals surface area contributed by atoms with Crippen LogP contribution in [0.25, 0.3) is 0 Å². The Labute approximate surface area is 136 Å². The summed E-state index contributed by atoms with van der Waals surface area (Å²) in [6, 6.07) is 14.0. The van der Waals surface area contributed by atoms with E-state index in [9.17, 15) is 10.0 Å². The molecule has 0 radical (unpaired) electrons. The third kappa shape index (κ3) is 4.72. The largest absolute Gasteiger partial charge is 0.494 e. The molecule has 2 aromatic rings. The molecule has 0 aliphatic carbocycles. The first-order chi connectivity index (χ1) is 11.1. The monoisotopic (exact) mass is 315 g/mol. The molecule has 0 unspecified atom stereocenters. The first kappa shape index (κ1) is 16.8. The zero-order valence-corrected chi connectivity index (χ0v) is 13.4. The molecule has 5 heteroatoms. The van der Waals surface area contributed by atoms with Crippen molar-refractivity contribution >= 4 is 11.6 Å². The Bertz CT molecular complexity index is 622. The Balaban J connectivity index is 1.98. The molecule has 0 aliphatic heterocycles. The summed E-state index contributed by atoms with van der Waals surface area (Å²) in [6.07, 6.45) is 0.107. The lowest BCUT2D eigenvalue weighted by atomic mass is 10.1. The molecule has 0 spiro atoms. The standard InChI is InChI=1S/C18H21NO4/c1-3-22-16-9-5-14(6-10-16)13-18(20)19(21)15-7-11-17(12-8-15)23-4-2/h5-12,21H,3-4,13H2,1-2H3. The van der Waals surface area contributed by atoms with E-state index in [0.717, 1.165) is 11.3 Å². The van der Waals surface area contributed by atoms with Gasteiger partial charge in [0.2, 0.25) is 0 Å². The van der Waals surface area contributed by atoms with Gasteiger partial charge in [-0.1, -0.05) is 12.1 Å².